The number of nitrogens with zero attached hydrogens (tertiary/aromatic N) is 1. The van der Waals surface area contributed by atoms with E-state index in [9.17, 15) is 9.59 Å². The van der Waals surface area contributed by atoms with Gasteiger partial charge in [-0.05, 0) is 6.92 Å². The third-order valence-corrected chi connectivity index (χ3v) is 0.682. The molecule has 0 fully saturated rings. The lowest BCUT2D eigenvalue weighted by Crippen LogP contribution is -2.36. The number of hydrazine groups is 1. The van der Waals surface area contributed by atoms with E-state index in [2.05, 4.69) is 6.58 Å². The second kappa shape index (κ2) is 2.99. The molecule has 4 heteroatoms. The third kappa shape index (κ3) is 2.05. The molecule has 0 aliphatic heterocycles. The maximum atomic E-state index is 10.5. The van der Waals surface area contributed by atoms with E-state index in [1.807, 2.05) is 0 Å². The first kappa shape index (κ1) is 7.84. The highest BCUT2D eigenvalue weighted by Gasteiger charge is 2.07. The molecule has 0 bridgehead atoms. The molecule has 2 amide bonds. The number of hydrogen-bond acceptors (Lipinski definition) is 3. The Bertz CT molecular complexity index is 153. The second-order valence-electron chi connectivity index (χ2n) is 1.55. The fourth-order valence-electron chi connectivity index (χ4n) is 0.247. The number of nitrogens with two attached hydrogens (primary N) is 1. The van der Waals surface area contributed by atoms with Gasteiger partial charge in [-0.3, -0.25) is 9.59 Å². The lowest BCUT2D eigenvalue weighted by Gasteiger charge is -2.04. The molecule has 0 saturated carbocycles. The van der Waals surface area contributed by atoms with Crippen LogP contribution in [0.25, 0.3) is 0 Å². The van der Waals surface area contributed by atoms with E-state index < -0.39 is 5.91 Å². The van der Waals surface area contributed by atoms with E-state index in [4.69, 9.17) is 5.84 Å². The van der Waals surface area contributed by atoms with Crippen LogP contribution in [0.5, 0.6) is 0 Å². The van der Waals surface area contributed by atoms with E-state index in [1.54, 1.807) is 0 Å². The summed E-state index contributed by atoms with van der Waals surface area (Å²) in [6.45, 7) is 4.73. The van der Waals surface area contributed by atoms with Gasteiger partial charge in [0.25, 0.3) is 5.91 Å². The number of amides is 2. The molecule has 0 saturated heterocycles. The number of carbonyl (C=O) groups excluding carboxylic acids is 2. The van der Waals surface area contributed by atoms with Gasteiger partial charge in [-0.25, -0.2) is 10.9 Å². The average molecular weight is 127 g/mol. The summed E-state index contributed by atoms with van der Waals surface area (Å²) in [6, 6.07) is 0. The highest BCUT2D eigenvalue weighted by Crippen LogP contribution is 1.88. The highest BCUT2D eigenvalue weighted by atomic mass is 16.2. The average Bonchev–Trinajstić information content (AvgIpc) is 1.84. The molecule has 2 N–H and O–H groups in total. The van der Waals surface area contributed by atoms with E-state index in [1.165, 1.54) is 13.3 Å². The third-order valence-electron chi connectivity index (χ3n) is 0.682. The minimum absolute atomic E-state index is 0.209. The van der Waals surface area contributed by atoms with Gasteiger partial charge in [0.2, 0.25) is 0 Å². The molecule has 0 atom stereocenters. The van der Waals surface area contributed by atoms with Crippen LogP contribution in [0.3, 0.4) is 0 Å². The van der Waals surface area contributed by atoms with Crippen molar-refractivity contribution in [3.63, 3.8) is 0 Å². The molecule has 9 heavy (non-hydrogen) atoms. The second-order valence-corrected chi connectivity index (χ2v) is 1.55. The monoisotopic (exact) mass is 127 g/mol. The quantitative estimate of drug-likeness (QED) is 0.176. The van der Waals surface area contributed by atoms with Crippen LogP contribution in [0.4, 0.5) is 0 Å². The molecule has 4 nitrogen and oxygen atoms in total. The van der Waals surface area contributed by atoms with Crippen molar-refractivity contribution in [3.8, 4) is 0 Å². The summed E-state index contributed by atoms with van der Waals surface area (Å²) in [5, 5.41) is 0.322. The Labute approximate surface area is 52.9 Å². The van der Waals surface area contributed by atoms with Crippen molar-refractivity contribution in [1.29, 1.82) is 0 Å². The molecule has 0 unspecified atom stereocenters. The van der Waals surface area contributed by atoms with Crippen molar-refractivity contribution in [1.82, 2.24) is 5.01 Å². The maximum Gasteiger partial charge on any atom is 0.335 e. The molecular formula is C5H7N2O2. The summed E-state index contributed by atoms with van der Waals surface area (Å²) in [5.41, 5.74) is 0.209. The van der Waals surface area contributed by atoms with Gasteiger partial charge in [0.15, 0.2) is 0 Å². The summed E-state index contributed by atoms with van der Waals surface area (Å²) in [6.07, 6.45) is 1.20. The smallest absolute Gasteiger partial charge is 0.268 e. The minimum Gasteiger partial charge on any atom is -0.268 e. The largest absolute Gasteiger partial charge is 0.335 e. The van der Waals surface area contributed by atoms with E-state index >= 15 is 0 Å². The number of carbonyl (C=O) groups is 1. The predicted octanol–water partition coefficient (Wildman–Crippen LogP) is -0.668. The molecule has 49 valence electrons. The minimum atomic E-state index is -0.620. The molecule has 0 spiro atoms. The van der Waals surface area contributed by atoms with Gasteiger partial charge in [-0.2, -0.15) is 0 Å². The Kier molecular flexibility index (Phi) is 2.60. The van der Waals surface area contributed by atoms with Crippen molar-refractivity contribution < 1.29 is 9.59 Å². The fourth-order valence-corrected chi connectivity index (χ4v) is 0.247. The molecule has 0 aromatic carbocycles. The topological polar surface area (TPSA) is 63.4 Å². The van der Waals surface area contributed by atoms with Gasteiger partial charge in [-0.1, -0.05) is 6.58 Å². The van der Waals surface area contributed by atoms with E-state index in [-0.39, 0.29) is 5.57 Å². The number of imide groups is 1. The van der Waals surface area contributed by atoms with Crippen molar-refractivity contribution in [2.24, 2.45) is 5.84 Å². The standard InChI is InChI=1S/C5H7N2O2/c1-4(2)5(9)7(6)3-8/h1,6H2,2H3. The van der Waals surface area contributed by atoms with Gasteiger partial charge in [-0.15, -0.1) is 0 Å². The van der Waals surface area contributed by atoms with Gasteiger partial charge in [0.1, 0.15) is 0 Å². The Hall–Kier alpha value is -1.16. The molecule has 0 aromatic rings. The Morgan fingerprint density at radius 3 is 2.33 bits per heavy atom. The fraction of sp³-hybridized carbons (Fsp3) is 0.200. The summed E-state index contributed by atoms with van der Waals surface area (Å²) < 4.78 is 0. The molecule has 1 radical (unpaired) electrons. The van der Waals surface area contributed by atoms with Crippen molar-refractivity contribution in [3.05, 3.63) is 12.2 Å². The predicted molar refractivity (Wildman–Crippen MR) is 31.5 cm³/mol. The zero-order valence-electron chi connectivity index (χ0n) is 5.05. The first-order valence-corrected chi connectivity index (χ1v) is 2.22. The SMILES string of the molecule is C=C(C)C(=O)N(N)[C]=O. The zero-order valence-corrected chi connectivity index (χ0v) is 5.05. The first-order valence-electron chi connectivity index (χ1n) is 2.22. The lowest BCUT2D eigenvalue weighted by atomic mass is 10.3. The van der Waals surface area contributed by atoms with Crippen LogP contribution in [0.2, 0.25) is 0 Å². The molecule has 0 aliphatic rings. The van der Waals surface area contributed by atoms with Crippen LogP contribution in [-0.4, -0.2) is 17.3 Å². The van der Waals surface area contributed by atoms with Crippen LogP contribution in [0.15, 0.2) is 12.2 Å². The summed E-state index contributed by atoms with van der Waals surface area (Å²) in [7, 11) is 0. The van der Waals surface area contributed by atoms with Crippen LogP contribution in [0.1, 0.15) is 6.92 Å². The number of rotatable bonds is 2. The molecular weight excluding hydrogens is 120 g/mol. The van der Waals surface area contributed by atoms with E-state index in [0.717, 1.165) is 0 Å². The molecule has 0 heterocycles. The number of hydrogen-bond donors (Lipinski definition) is 1. The Balaban J connectivity index is 4.03. The van der Waals surface area contributed by atoms with E-state index in [0.29, 0.717) is 5.01 Å². The highest BCUT2D eigenvalue weighted by molar-refractivity contribution is 5.97. The summed E-state index contributed by atoms with van der Waals surface area (Å²) in [5.74, 6) is 4.20. The zero-order chi connectivity index (χ0) is 7.44. The van der Waals surface area contributed by atoms with Gasteiger partial charge in [0.05, 0.1) is 0 Å². The summed E-state index contributed by atoms with van der Waals surface area (Å²) >= 11 is 0. The lowest BCUT2D eigenvalue weighted by molar-refractivity contribution is -0.123. The van der Waals surface area contributed by atoms with Crippen molar-refractivity contribution in [2.45, 2.75) is 6.92 Å². The van der Waals surface area contributed by atoms with Crippen molar-refractivity contribution >= 4 is 12.3 Å². The molecule has 0 aromatic heterocycles. The summed E-state index contributed by atoms with van der Waals surface area (Å²) in [4.78, 5) is 20.2. The maximum absolute atomic E-state index is 10.5. The molecule has 0 rings (SSSR count). The molecule has 0 aliphatic carbocycles. The van der Waals surface area contributed by atoms with Crippen LogP contribution in [0, 0.1) is 0 Å². The van der Waals surface area contributed by atoms with Gasteiger partial charge >= 0.3 is 6.41 Å². The van der Waals surface area contributed by atoms with Crippen LogP contribution >= 0.6 is 0 Å². The normalized spacial score (nSPS) is 8.22. The Morgan fingerprint density at radius 1 is 1.78 bits per heavy atom. The van der Waals surface area contributed by atoms with Crippen LogP contribution < -0.4 is 5.84 Å². The van der Waals surface area contributed by atoms with Crippen molar-refractivity contribution in [2.75, 3.05) is 0 Å². The van der Waals surface area contributed by atoms with Crippen LogP contribution in [-0.2, 0) is 9.59 Å². The van der Waals surface area contributed by atoms with Gasteiger partial charge < -0.3 is 0 Å². The Morgan fingerprint density at radius 2 is 2.22 bits per heavy atom. The first-order chi connectivity index (χ1) is 4.09. The van der Waals surface area contributed by atoms with Gasteiger partial charge in [0, 0.05) is 5.57 Å².